The Kier molecular flexibility index (Phi) is 5.88. The van der Waals surface area contributed by atoms with Crippen LogP contribution in [0.3, 0.4) is 0 Å². The molecule has 0 saturated heterocycles. The highest BCUT2D eigenvalue weighted by molar-refractivity contribution is 7.09. The summed E-state index contributed by atoms with van der Waals surface area (Å²) in [6.45, 7) is 4.36. The first-order chi connectivity index (χ1) is 7.27. The SMILES string of the molecule is CCCC(CCC)C(O)Cc1nccs1. The van der Waals surface area contributed by atoms with E-state index >= 15 is 0 Å². The minimum absolute atomic E-state index is 0.212. The van der Waals surface area contributed by atoms with Crippen molar-refractivity contribution in [2.75, 3.05) is 0 Å². The Bertz CT molecular complexity index is 242. The van der Waals surface area contributed by atoms with Crippen LogP contribution in [0.2, 0.25) is 0 Å². The highest BCUT2D eigenvalue weighted by Gasteiger charge is 2.18. The van der Waals surface area contributed by atoms with Crippen molar-refractivity contribution < 1.29 is 5.11 Å². The third-order valence-corrected chi connectivity index (χ3v) is 3.53. The van der Waals surface area contributed by atoms with Gasteiger partial charge in [0.2, 0.25) is 0 Å². The van der Waals surface area contributed by atoms with E-state index < -0.39 is 0 Å². The fraction of sp³-hybridized carbons (Fsp3) is 0.750. The molecule has 0 bridgehead atoms. The lowest BCUT2D eigenvalue weighted by atomic mass is 9.91. The van der Waals surface area contributed by atoms with Crippen molar-refractivity contribution in [2.45, 2.75) is 52.1 Å². The molecule has 0 aromatic carbocycles. The molecule has 1 heterocycles. The van der Waals surface area contributed by atoms with E-state index in [0.717, 1.165) is 37.1 Å². The van der Waals surface area contributed by atoms with Gasteiger partial charge in [-0.2, -0.15) is 0 Å². The van der Waals surface area contributed by atoms with E-state index in [1.165, 1.54) is 0 Å². The predicted molar refractivity (Wildman–Crippen MR) is 65.1 cm³/mol. The third-order valence-electron chi connectivity index (χ3n) is 2.73. The van der Waals surface area contributed by atoms with E-state index in [1.807, 2.05) is 5.38 Å². The monoisotopic (exact) mass is 227 g/mol. The molecule has 0 aliphatic rings. The van der Waals surface area contributed by atoms with Crippen molar-refractivity contribution in [3.8, 4) is 0 Å². The summed E-state index contributed by atoms with van der Waals surface area (Å²) in [5.41, 5.74) is 0. The van der Waals surface area contributed by atoms with Gasteiger partial charge in [0, 0.05) is 18.0 Å². The smallest absolute Gasteiger partial charge is 0.0950 e. The summed E-state index contributed by atoms with van der Waals surface area (Å²) >= 11 is 1.63. The molecule has 0 amide bonds. The molecule has 0 saturated carbocycles. The molecule has 1 unspecified atom stereocenters. The molecule has 3 heteroatoms. The highest BCUT2D eigenvalue weighted by Crippen LogP contribution is 2.21. The van der Waals surface area contributed by atoms with Crippen LogP contribution in [0.4, 0.5) is 0 Å². The van der Waals surface area contributed by atoms with Crippen LogP contribution in [0.25, 0.3) is 0 Å². The lowest BCUT2D eigenvalue weighted by molar-refractivity contribution is 0.0963. The van der Waals surface area contributed by atoms with Gasteiger partial charge in [0.1, 0.15) is 0 Å². The number of aliphatic hydroxyl groups excluding tert-OH is 1. The predicted octanol–water partition coefficient (Wildman–Crippen LogP) is 3.26. The second-order valence-corrected chi connectivity index (χ2v) is 5.01. The fourth-order valence-electron chi connectivity index (χ4n) is 1.97. The Morgan fingerprint density at radius 3 is 2.47 bits per heavy atom. The van der Waals surface area contributed by atoms with Gasteiger partial charge in [0.25, 0.3) is 0 Å². The molecule has 0 fully saturated rings. The zero-order valence-corrected chi connectivity index (χ0v) is 10.5. The third kappa shape index (κ3) is 4.31. The molecule has 15 heavy (non-hydrogen) atoms. The van der Waals surface area contributed by atoms with E-state index in [2.05, 4.69) is 18.8 Å². The molecule has 0 spiro atoms. The van der Waals surface area contributed by atoms with Gasteiger partial charge in [0.05, 0.1) is 11.1 Å². The number of aliphatic hydroxyl groups is 1. The van der Waals surface area contributed by atoms with Crippen LogP contribution in [-0.2, 0) is 6.42 Å². The van der Waals surface area contributed by atoms with Crippen molar-refractivity contribution in [1.82, 2.24) is 4.98 Å². The maximum absolute atomic E-state index is 10.1. The molecule has 1 atom stereocenters. The minimum atomic E-state index is -0.212. The van der Waals surface area contributed by atoms with Gasteiger partial charge >= 0.3 is 0 Å². The number of thiazole rings is 1. The standard InChI is InChI=1S/C12H21NOS/c1-3-5-10(6-4-2)11(14)9-12-13-7-8-15-12/h7-8,10-11,14H,3-6,9H2,1-2H3. The lowest BCUT2D eigenvalue weighted by Crippen LogP contribution is -2.22. The summed E-state index contributed by atoms with van der Waals surface area (Å²) in [5.74, 6) is 0.448. The first kappa shape index (κ1) is 12.7. The topological polar surface area (TPSA) is 33.1 Å². The molecular weight excluding hydrogens is 206 g/mol. The average Bonchev–Trinajstić information content (AvgIpc) is 2.70. The van der Waals surface area contributed by atoms with Crippen LogP contribution < -0.4 is 0 Å². The van der Waals surface area contributed by atoms with Gasteiger partial charge in [-0.3, -0.25) is 0 Å². The average molecular weight is 227 g/mol. The Morgan fingerprint density at radius 1 is 1.33 bits per heavy atom. The fourth-order valence-corrected chi connectivity index (χ4v) is 2.64. The quantitative estimate of drug-likeness (QED) is 0.775. The molecule has 1 N–H and O–H groups in total. The van der Waals surface area contributed by atoms with E-state index in [-0.39, 0.29) is 6.10 Å². The molecule has 0 radical (unpaired) electrons. The second kappa shape index (κ2) is 6.96. The van der Waals surface area contributed by atoms with Crippen molar-refractivity contribution in [3.63, 3.8) is 0 Å². The zero-order valence-electron chi connectivity index (χ0n) is 9.65. The van der Waals surface area contributed by atoms with Crippen molar-refractivity contribution in [1.29, 1.82) is 0 Å². The first-order valence-electron chi connectivity index (χ1n) is 5.84. The Labute approximate surface area is 96.4 Å². The molecule has 1 rings (SSSR count). The van der Waals surface area contributed by atoms with Crippen LogP contribution >= 0.6 is 11.3 Å². The molecule has 1 aromatic rings. The summed E-state index contributed by atoms with van der Waals surface area (Å²) in [6.07, 6.45) is 6.87. The molecule has 86 valence electrons. The largest absolute Gasteiger partial charge is 0.392 e. The Morgan fingerprint density at radius 2 is 2.00 bits per heavy atom. The van der Waals surface area contributed by atoms with Crippen LogP contribution in [0, 0.1) is 5.92 Å². The molecule has 0 aliphatic carbocycles. The van der Waals surface area contributed by atoms with Gasteiger partial charge < -0.3 is 5.11 Å². The van der Waals surface area contributed by atoms with E-state index in [1.54, 1.807) is 17.5 Å². The minimum Gasteiger partial charge on any atom is -0.392 e. The highest BCUT2D eigenvalue weighted by atomic mass is 32.1. The lowest BCUT2D eigenvalue weighted by Gasteiger charge is -2.21. The van der Waals surface area contributed by atoms with Gasteiger partial charge in [-0.1, -0.05) is 26.7 Å². The van der Waals surface area contributed by atoms with Crippen molar-refractivity contribution >= 4 is 11.3 Å². The summed E-state index contributed by atoms with van der Waals surface area (Å²) in [7, 11) is 0. The van der Waals surface area contributed by atoms with Gasteiger partial charge in [0.15, 0.2) is 0 Å². The number of hydrogen-bond acceptors (Lipinski definition) is 3. The summed E-state index contributed by atoms with van der Waals surface area (Å²) in [6, 6.07) is 0. The Hall–Kier alpha value is -0.410. The van der Waals surface area contributed by atoms with Gasteiger partial charge in [-0.15, -0.1) is 11.3 Å². The maximum Gasteiger partial charge on any atom is 0.0950 e. The summed E-state index contributed by atoms with van der Waals surface area (Å²) < 4.78 is 0. The van der Waals surface area contributed by atoms with Crippen LogP contribution in [-0.4, -0.2) is 16.2 Å². The Balaban J connectivity index is 2.44. The van der Waals surface area contributed by atoms with Crippen LogP contribution in [0.1, 0.15) is 44.5 Å². The van der Waals surface area contributed by atoms with Crippen LogP contribution in [0.5, 0.6) is 0 Å². The van der Waals surface area contributed by atoms with Crippen molar-refractivity contribution in [3.05, 3.63) is 16.6 Å². The number of nitrogens with zero attached hydrogens (tertiary/aromatic N) is 1. The molecule has 0 aliphatic heterocycles. The molecular formula is C12H21NOS. The second-order valence-electron chi connectivity index (χ2n) is 4.03. The first-order valence-corrected chi connectivity index (χ1v) is 6.72. The van der Waals surface area contributed by atoms with Crippen LogP contribution in [0.15, 0.2) is 11.6 Å². The molecule has 2 nitrogen and oxygen atoms in total. The molecule has 1 aromatic heterocycles. The number of hydrogen-bond donors (Lipinski definition) is 1. The summed E-state index contributed by atoms with van der Waals surface area (Å²) in [5, 5.41) is 13.1. The van der Waals surface area contributed by atoms with E-state index in [9.17, 15) is 5.11 Å². The van der Waals surface area contributed by atoms with Crippen molar-refractivity contribution in [2.24, 2.45) is 5.92 Å². The van der Waals surface area contributed by atoms with Gasteiger partial charge in [-0.25, -0.2) is 4.98 Å². The van der Waals surface area contributed by atoms with Gasteiger partial charge in [-0.05, 0) is 18.8 Å². The number of aromatic nitrogens is 1. The number of rotatable bonds is 7. The maximum atomic E-state index is 10.1. The van der Waals surface area contributed by atoms with E-state index in [0.29, 0.717) is 5.92 Å². The normalized spacial score (nSPS) is 13.3. The zero-order chi connectivity index (χ0) is 11.1. The van der Waals surface area contributed by atoms with E-state index in [4.69, 9.17) is 0 Å². The summed E-state index contributed by atoms with van der Waals surface area (Å²) in [4.78, 5) is 4.22.